The number of pyridine rings is 1. The Bertz CT molecular complexity index is 275. The summed E-state index contributed by atoms with van der Waals surface area (Å²) in [6.45, 7) is 0. The lowest BCUT2D eigenvalue weighted by molar-refractivity contribution is 0.111. The van der Waals surface area contributed by atoms with E-state index in [9.17, 15) is 4.79 Å². The molecule has 0 aliphatic rings. The molecule has 4 heteroatoms. The van der Waals surface area contributed by atoms with Gasteiger partial charge in [-0.1, -0.05) is 11.6 Å². The Morgan fingerprint density at radius 1 is 1.73 bits per heavy atom. The number of carbonyl (C=O) groups excluding carboxylic acids is 1. The Morgan fingerprint density at radius 2 is 2.45 bits per heavy atom. The number of hydrogen-bond donors (Lipinski definition) is 0. The van der Waals surface area contributed by atoms with Crippen molar-refractivity contribution in [2.45, 2.75) is 0 Å². The lowest BCUT2D eigenvalue weighted by Gasteiger charge is -1.99. The molecular formula is C7H6ClNO2. The van der Waals surface area contributed by atoms with Crippen LogP contribution in [0.2, 0.25) is 5.02 Å². The van der Waals surface area contributed by atoms with Gasteiger partial charge in [-0.05, 0) is 0 Å². The molecule has 0 saturated carbocycles. The van der Waals surface area contributed by atoms with Crippen molar-refractivity contribution in [3.05, 3.63) is 23.0 Å². The van der Waals surface area contributed by atoms with Gasteiger partial charge in [0.15, 0.2) is 6.29 Å². The molecule has 0 N–H and O–H groups in total. The molecule has 0 saturated heterocycles. The molecular weight excluding hydrogens is 166 g/mol. The highest BCUT2D eigenvalue weighted by atomic mass is 35.5. The van der Waals surface area contributed by atoms with Gasteiger partial charge < -0.3 is 4.74 Å². The molecule has 0 aromatic carbocycles. The highest BCUT2D eigenvalue weighted by Gasteiger charge is 2.00. The summed E-state index contributed by atoms with van der Waals surface area (Å²) < 4.78 is 4.83. The first-order valence-corrected chi connectivity index (χ1v) is 3.30. The second kappa shape index (κ2) is 3.34. The Labute approximate surface area is 69.0 Å². The summed E-state index contributed by atoms with van der Waals surface area (Å²) in [6.07, 6.45) is 2.04. The smallest absolute Gasteiger partial charge is 0.169 e. The maximum absolute atomic E-state index is 10.2. The van der Waals surface area contributed by atoms with E-state index in [2.05, 4.69) is 4.98 Å². The maximum atomic E-state index is 10.2. The fourth-order valence-corrected chi connectivity index (χ4v) is 0.830. The second-order valence-corrected chi connectivity index (χ2v) is 2.27. The van der Waals surface area contributed by atoms with E-state index in [-0.39, 0.29) is 5.69 Å². The summed E-state index contributed by atoms with van der Waals surface area (Å²) in [4.78, 5) is 14.0. The van der Waals surface area contributed by atoms with Gasteiger partial charge in [-0.25, -0.2) is 4.98 Å². The average Bonchev–Trinajstić information content (AvgIpc) is 2.04. The summed E-state index contributed by atoms with van der Waals surface area (Å²) in [5.74, 6) is 0.542. The van der Waals surface area contributed by atoms with Gasteiger partial charge in [0.05, 0.1) is 18.3 Å². The molecule has 0 bridgehead atoms. The van der Waals surface area contributed by atoms with Crippen LogP contribution < -0.4 is 4.74 Å². The van der Waals surface area contributed by atoms with E-state index >= 15 is 0 Å². The molecule has 1 heterocycles. The topological polar surface area (TPSA) is 39.2 Å². The Hall–Kier alpha value is -1.09. The molecule has 0 aliphatic carbocycles. The molecule has 1 aromatic rings. The van der Waals surface area contributed by atoms with Crippen LogP contribution in [0.1, 0.15) is 10.5 Å². The molecule has 0 unspecified atom stereocenters. The highest BCUT2D eigenvalue weighted by Crippen LogP contribution is 2.17. The summed E-state index contributed by atoms with van der Waals surface area (Å²) >= 11 is 5.63. The van der Waals surface area contributed by atoms with Crippen molar-refractivity contribution in [3.8, 4) is 5.75 Å². The number of ether oxygens (including phenoxy) is 1. The minimum absolute atomic E-state index is 0.229. The molecule has 3 nitrogen and oxygen atoms in total. The molecule has 0 amide bonds. The molecule has 58 valence electrons. The van der Waals surface area contributed by atoms with Gasteiger partial charge >= 0.3 is 0 Å². The first-order valence-electron chi connectivity index (χ1n) is 2.92. The third-order valence-electron chi connectivity index (χ3n) is 1.19. The van der Waals surface area contributed by atoms with E-state index in [1.54, 1.807) is 0 Å². The molecule has 0 aliphatic heterocycles. The van der Waals surface area contributed by atoms with Gasteiger partial charge in [0.2, 0.25) is 0 Å². The summed E-state index contributed by atoms with van der Waals surface area (Å²) in [7, 11) is 1.51. The normalized spacial score (nSPS) is 9.27. The molecule has 1 rings (SSSR count). The Kier molecular flexibility index (Phi) is 2.44. The number of aldehydes is 1. The maximum Gasteiger partial charge on any atom is 0.169 e. The van der Waals surface area contributed by atoms with Crippen molar-refractivity contribution in [1.82, 2.24) is 4.98 Å². The molecule has 0 atom stereocenters. The van der Waals surface area contributed by atoms with E-state index in [4.69, 9.17) is 16.3 Å². The molecule has 1 aromatic heterocycles. The zero-order valence-electron chi connectivity index (χ0n) is 5.87. The Morgan fingerprint density at radius 3 is 2.91 bits per heavy atom. The predicted octanol–water partition coefficient (Wildman–Crippen LogP) is 1.56. The number of aromatic nitrogens is 1. The van der Waals surface area contributed by atoms with Crippen molar-refractivity contribution >= 4 is 17.9 Å². The number of methoxy groups -OCH3 is 1. The molecule has 0 radical (unpaired) electrons. The molecule has 11 heavy (non-hydrogen) atoms. The van der Waals surface area contributed by atoms with Crippen molar-refractivity contribution in [1.29, 1.82) is 0 Å². The van der Waals surface area contributed by atoms with Gasteiger partial charge in [0.1, 0.15) is 11.4 Å². The summed E-state index contributed by atoms with van der Waals surface area (Å²) in [5.41, 5.74) is 0.229. The van der Waals surface area contributed by atoms with E-state index in [1.807, 2.05) is 0 Å². The van der Waals surface area contributed by atoms with Crippen LogP contribution in [-0.4, -0.2) is 18.4 Å². The first-order chi connectivity index (χ1) is 5.27. The SMILES string of the molecule is COc1cnc(C=O)c(Cl)c1. The van der Waals surface area contributed by atoms with Crippen LogP contribution in [0.5, 0.6) is 5.75 Å². The van der Waals surface area contributed by atoms with Crippen molar-refractivity contribution in [3.63, 3.8) is 0 Å². The third kappa shape index (κ3) is 1.68. The van der Waals surface area contributed by atoms with Crippen LogP contribution in [0.3, 0.4) is 0 Å². The zero-order chi connectivity index (χ0) is 8.27. The van der Waals surface area contributed by atoms with Crippen LogP contribution in [-0.2, 0) is 0 Å². The number of carbonyl (C=O) groups is 1. The number of rotatable bonds is 2. The van der Waals surface area contributed by atoms with E-state index in [0.717, 1.165) is 0 Å². The first kappa shape index (κ1) is 8.01. The predicted molar refractivity (Wildman–Crippen MR) is 41.2 cm³/mol. The van der Waals surface area contributed by atoms with Gasteiger partial charge in [0.25, 0.3) is 0 Å². The second-order valence-electron chi connectivity index (χ2n) is 1.86. The highest BCUT2D eigenvalue weighted by molar-refractivity contribution is 6.32. The van der Waals surface area contributed by atoms with E-state index in [0.29, 0.717) is 17.1 Å². The monoisotopic (exact) mass is 171 g/mol. The van der Waals surface area contributed by atoms with Crippen molar-refractivity contribution in [2.75, 3.05) is 7.11 Å². The quantitative estimate of drug-likeness (QED) is 0.634. The molecule has 0 spiro atoms. The fourth-order valence-electron chi connectivity index (χ4n) is 0.629. The van der Waals surface area contributed by atoms with Gasteiger partial charge in [-0.3, -0.25) is 4.79 Å². The average molecular weight is 172 g/mol. The van der Waals surface area contributed by atoms with Gasteiger partial charge in [-0.2, -0.15) is 0 Å². The van der Waals surface area contributed by atoms with Crippen LogP contribution in [0.25, 0.3) is 0 Å². The fraction of sp³-hybridized carbons (Fsp3) is 0.143. The number of hydrogen-bond acceptors (Lipinski definition) is 3. The Balaban J connectivity index is 3.09. The van der Waals surface area contributed by atoms with Crippen LogP contribution >= 0.6 is 11.6 Å². The minimum atomic E-state index is 0.229. The van der Waals surface area contributed by atoms with Crippen molar-refractivity contribution < 1.29 is 9.53 Å². The lowest BCUT2D eigenvalue weighted by Crippen LogP contribution is -1.90. The molecule has 0 fully saturated rings. The third-order valence-corrected chi connectivity index (χ3v) is 1.49. The van der Waals surface area contributed by atoms with Crippen LogP contribution in [0, 0.1) is 0 Å². The number of nitrogens with zero attached hydrogens (tertiary/aromatic N) is 1. The zero-order valence-corrected chi connectivity index (χ0v) is 6.63. The standard InChI is InChI=1S/C7H6ClNO2/c1-11-5-2-6(8)7(4-10)9-3-5/h2-4H,1H3. The summed E-state index contributed by atoms with van der Waals surface area (Å²) in [5, 5.41) is 0.305. The van der Waals surface area contributed by atoms with Crippen LogP contribution in [0.4, 0.5) is 0 Å². The lowest BCUT2D eigenvalue weighted by atomic mass is 10.3. The van der Waals surface area contributed by atoms with Crippen LogP contribution in [0.15, 0.2) is 12.3 Å². The van der Waals surface area contributed by atoms with Gasteiger partial charge in [0, 0.05) is 6.07 Å². The van der Waals surface area contributed by atoms with Crippen molar-refractivity contribution in [2.24, 2.45) is 0 Å². The minimum Gasteiger partial charge on any atom is -0.495 e. The number of halogens is 1. The summed E-state index contributed by atoms with van der Waals surface area (Å²) in [6, 6.07) is 1.54. The van der Waals surface area contributed by atoms with E-state index in [1.165, 1.54) is 19.4 Å². The largest absolute Gasteiger partial charge is 0.495 e. The van der Waals surface area contributed by atoms with E-state index < -0.39 is 0 Å². The van der Waals surface area contributed by atoms with Gasteiger partial charge in [-0.15, -0.1) is 0 Å².